The highest BCUT2D eigenvalue weighted by Crippen LogP contribution is 2.22. The zero-order chi connectivity index (χ0) is 9.14. The van der Waals surface area contributed by atoms with E-state index in [0.29, 0.717) is 10.7 Å². The molecule has 1 aromatic heterocycles. The van der Waals surface area contributed by atoms with Crippen molar-refractivity contribution >= 4 is 11.6 Å². The van der Waals surface area contributed by atoms with E-state index < -0.39 is 12.3 Å². The summed E-state index contributed by atoms with van der Waals surface area (Å²) in [6, 6.07) is 3.07. The van der Waals surface area contributed by atoms with Gasteiger partial charge in [-0.2, -0.15) is 0 Å². The molecule has 0 aliphatic rings. The Morgan fingerprint density at radius 3 is 2.50 bits per heavy atom. The second kappa shape index (κ2) is 3.81. The summed E-state index contributed by atoms with van der Waals surface area (Å²) in [6.07, 6.45) is -0.980. The van der Waals surface area contributed by atoms with Gasteiger partial charge in [0.1, 0.15) is 5.15 Å². The van der Waals surface area contributed by atoms with E-state index in [9.17, 15) is 8.78 Å². The smallest absolute Gasteiger partial charge is 0.244 e. The fraction of sp³-hybridized carbons (Fsp3) is 0.375. The number of pyridine rings is 1. The van der Waals surface area contributed by atoms with Crippen molar-refractivity contribution in [1.29, 1.82) is 0 Å². The molecule has 0 bridgehead atoms. The number of hydrogen-bond acceptors (Lipinski definition) is 1. The molecule has 0 aliphatic carbocycles. The molecule has 4 heteroatoms. The Bertz CT molecular complexity index is 248. The summed E-state index contributed by atoms with van der Waals surface area (Å²) in [5.41, 5.74) is 0.509. The molecule has 12 heavy (non-hydrogen) atoms. The molecule has 0 saturated heterocycles. The van der Waals surface area contributed by atoms with Crippen molar-refractivity contribution in [3.63, 3.8) is 0 Å². The van der Waals surface area contributed by atoms with Crippen LogP contribution in [0.25, 0.3) is 0 Å². The molecule has 0 amide bonds. The summed E-state index contributed by atoms with van der Waals surface area (Å²) in [5.74, 6) is -0.783. The van der Waals surface area contributed by atoms with Gasteiger partial charge in [-0.1, -0.05) is 24.6 Å². The first-order valence-electron chi connectivity index (χ1n) is 3.51. The molecule has 0 saturated carbocycles. The van der Waals surface area contributed by atoms with Crippen molar-refractivity contribution in [2.45, 2.75) is 19.3 Å². The number of alkyl halides is 2. The van der Waals surface area contributed by atoms with Crippen molar-refractivity contribution < 1.29 is 8.78 Å². The predicted molar refractivity (Wildman–Crippen MR) is 43.7 cm³/mol. The topological polar surface area (TPSA) is 12.9 Å². The maximum Gasteiger partial charge on any atom is 0.245 e. The molecular weight excluding hydrogens is 184 g/mol. The monoisotopic (exact) mass is 191 g/mol. The van der Waals surface area contributed by atoms with E-state index in [1.54, 1.807) is 6.07 Å². The number of halogens is 3. The maximum atomic E-state index is 12.2. The minimum absolute atomic E-state index is 0.320. The highest BCUT2D eigenvalue weighted by atomic mass is 35.5. The molecule has 1 aromatic rings. The first-order chi connectivity index (χ1) is 5.61. The van der Waals surface area contributed by atoms with Crippen LogP contribution in [0.2, 0.25) is 5.15 Å². The van der Waals surface area contributed by atoms with Crippen LogP contribution in [0.15, 0.2) is 18.3 Å². The van der Waals surface area contributed by atoms with Gasteiger partial charge in [0, 0.05) is 12.1 Å². The lowest BCUT2D eigenvalue weighted by molar-refractivity contribution is 0.121. The minimum Gasteiger partial charge on any atom is -0.244 e. The van der Waals surface area contributed by atoms with E-state index in [0.717, 1.165) is 0 Å². The van der Waals surface area contributed by atoms with Crippen molar-refractivity contribution in [2.75, 3.05) is 0 Å². The number of hydrogen-bond donors (Lipinski definition) is 0. The van der Waals surface area contributed by atoms with Gasteiger partial charge in [-0.15, -0.1) is 0 Å². The van der Waals surface area contributed by atoms with Gasteiger partial charge in [0.25, 0.3) is 0 Å². The van der Waals surface area contributed by atoms with Crippen LogP contribution in [0.5, 0.6) is 0 Å². The Kier molecular flexibility index (Phi) is 2.98. The van der Waals surface area contributed by atoms with Crippen LogP contribution < -0.4 is 0 Å². The highest BCUT2D eigenvalue weighted by Gasteiger charge is 2.16. The third-order valence-electron chi connectivity index (χ3n) is 1.65. The fourth-order valence-electron chi connectivity index (χ4n) is 0.802. The van der Waals surface area contributed by atoms with E-state index in [4.69, 9.17) is 11.6 Å². The summed E-state index contributed by atoms with van der Waals surface area (Å²) in [6.45, 7) is 1.45. The van der Waals surface area contributed by atoms with Gasteiger partial charge in [0.15, 0.2) is 0 Å². The van der Waals surface area contributed by atoms with Crippen LogP contribution in [-0.2, 0) is 0 Å². The first kappa shape index (κ1) is 9.39. The summed E-state index contributed by atoms with van der Waals surface area (Å²) in [5, 5.41) is 0.320. The Balaban J connectivity index is 2.82. The lowest BCUT2D eigenvalue weighted by atomic mass is 10.0. The predicted octanol–water partition coefficient (Wildman–Crippen LogP) is 3.10. The molecule has 1 atom stereocenters. The summed E-state index contributed by atoms with van der Waals surface area (Å²) in [4.78, 5) is 3.71. The standard InChI is InChI=1S/C8H8ClF2N/c1-5(8(10)11)6-2-3-7(9)12-4-6/h2-5,8H,1H3. The summed E-state index contributed by atoms with van der Waals surface area (Å²) >= 11 is 5.50. The van der Waals surface area contributed by atoms with Gasteiger partial charge in [-0.3, -0.25) is 0 Å². The maximum absolute atomic E-state index is 12.2. The van der Waals surface area contributed by atoms with E-state index in [-0.39, 0.29) is 0 Å². The molecule has 0 spiro atoms. The molecule has 0 fully saturated rings. The van der Waals surface area contributed by atoms with Gasteiger partial charge >= 0.3 is 0 Å². The zero-order valence-corrected chi connectivity index (χ0v) is 7.22. The van der Waals surface area contributed by atoms with Crippen molar-refractivity contribution in [1.82, 2.24) is 4.98 Å². The molecule has 1 heterocycles. The fourth-order valence-corrected chi connectivity index (χ4v) is 0.914. The molecule has 66 valence electrons. The molecule has 0 N–H and O–H groups in total. The van der Waals surface area contributed by atoms with Gasteiger partial charge in [0.05, 0.1) is 0 Å². The molecular formula is C8H8ClF2N. The average Bonchev–Trinajstić information content (AvgIpc) is 2.04. The van der Waals surface area contributed by atoms with Gasteiger partial charge in [0.2, 0.25) is 6.43 Å². The summed E-state index contributed by atoms with van der Waals surface area (Å²) < 4.78 is 24.3. The molecule has 0 radical (unpaired) electrons. The highest BCUT2D eigenvalue weighted by molar-refractivity contribution is 6.29. The second-order valence-corrected chi connectivity index (χ2v) is 2.92. The van der Waals surface area contributed by atoms with Crippen molar-refractivity contribution in [3.05, 3.63) is 29.0 Å². The van der Waals surface area contributed by atoms with Gasteiger partial charge in [-0.05, 0) is 11.6 Å². The van der Waals surface area contributed by atoms with E-state index in [1.165, 1.54) is 19.2 Å². The largest absolute Gasteiger partial charge is 0.245 e. The molecule has 0 aromatic carbocycles. The molecule has 1 rings (SSSR count). The number of rotatable bonds is 2. The average molecular weight is 192 g/mol. The van der Waals surface area contributed by atoms with Crippen molar-refractivity contribution in [2.24, 2.45) is 0 Å². The van der Waals surface area contributed by atoms with Crippen LogP contribution in [-0.4, -0.2) is 11.4 Å². The van der Waals surface area contributed by atoms with Crippen LogP contribution in [0, 0.1) is 0 Å². The summed E-state index contributed by atoms with van der Waals surface area (Å²) in [7, 11) is 0. The van der Waals surface area contributed by atoms with E-state index in [1.807, 2.05) is 0 Å². The zero-order valence-electron chi connectivity index (χ0n) is 6.47. The normalized spacial score (nSPS) is 13.4. The Morgan fingerprint density at radius 1 is 1.42 bits per heavy atom. The number of nitrogens with zero attached hydrogens (tertiary/aromatic N) is 1. The van der Waals surface area contributed by atoms with E-state index in [2.05, 4.69) is 4.98 Å². The molecule has 0 aliphatic heterocycles. The van der Waals surface area contributed by atoms with Gasteiger partial charge in [-0.25, -0.2) is 13.8 Å². The quantitative estimate of drug-likeness (QED) is 0.655. The Hall–Kier alpha value is -0.700. The molecule has 1 unspecified atom stereocenters. The Labute approximate surface area is 74.4 Å². The second-order valence-electron chi connectivity index (χ2n) is 2.54. The number of aromatic nitrogens is 1. The van der Waals surface area contributed by atoms with E-state index >= 15 is 0 Å². The van der Waals surface area contributed by atoms with Crippen LogP contribution >= 0.6 is 11.6 Å². The van der Waals surface area contributed by atoms with Gasteiger partial charge < -0.3 is 0 Å². The lowest BCUT2D eigenvalue weighted by Crippen LogP contribution is -2.04. The van der Waals surface area contributed by atoms with Crippen LogP contribution in [0.1, 0.15) is 18.4 Å². The van der Waals surface area contributed by atoms with Crippen molar-refractivity contribution in [3.8, 4) is 0 Å². The third-order valence-corrected chi connectivity index (χ3v) is 1.88. The third kappa shape index (κ3) is 2.14. The van der Waals surface area contributed by atoms with Crippen LogP contribution in [0.3, 0.4) is 0 Å². The lowest BCUT2D eigenvalue weighted by Gasteiger charge is -2.09. The first-order valence-corrected chi connectivity index (χ1v) is 3.88. The molecule has 1 nitrogen and oxygen atoms in total. The SMILES string of the molecule is CC(c1ccc(Cl)nc1)C(F)F. The van der Waals surface area contributed by atoms with Crippen LogP contribution in [0.4, 0.5) is 8.78 Å². The minimum atomic E-state index is -2.35. The Morgan fingerprint density at radius 2 is 2.08 bits per heavy atom.